The monoisotopic (exact) mass is 423 g/mol. The fourth-order valence-corrected chi connectivity index (χ4v) is 3.82. The van der Waals surface area contributed by atoms with Gasteiger partial charge in [-0.2, -0.15) is 13.2 Å². The second-order valence-electron chi connectivity index (χ2n) is 7.24. The Balaban J connectivity index is 1.46. The average molecular weight is 423 g/mol. The van der Waals surface area contributed by atoms with Crippen molar-refractivity contribution in [2.24, 2.45) is 4.99 Å². The molecule has 31 heavy (non-hydrogen) atoms. The zero-order valence-electron chi connectivity index (χ0n) is 16.1. The molecule has 3 aliphatic rings. The maximum absolute atomic E-state index is 13.0. The van der Waals surface area contributed by atoms with Gasteiger partial charge in [0.25, 0.3) is 0 Å². The predicted molar refractivity (Wildman–Crippen MR) is 108 cm³/mol. The minimum atomic E-state index is -4.44. The van der Waals surface area contributed by atoms with E-state index in [1.807, 2.05) is 11.0 Å². The van der Waals surface area contributed by atoms with E-state index >= 15 is 0 Å². The molecule has 5 nitrogen and oxygen atoms in total. The molecule has 0 fully saturated rings. The van der Waals surface area contributed by atoms with Crippen LogP contribution in [0.2, 0.25) is 0 Å². The lowest BCUT2D eigenvalue weighted by atomic mass is 10.1. The minimum Gasteiger partial charge on any atom is -0.457 e. The Morgan fingerprint density at radius 2 is 1.81 bits per heavy atom. The summed E-state index contributed by atoms with van der Waals surface area (Å²) in [5, 5.41) is 2.90. The summed E-state index contributed by atoms with van der Waals surface area (Å²) in [6.45, 7) is 0.660. The van der Waals surface area contributed by atoms with Gasteiger partial charge in [-0.05, 0) is 36.4 Å². The van der Waals surface area contributed by atoms with Gasteiger partial charge in [-0.1, -0.05) is 18.2 Å². The van der Waals surface area contributed by atoms with Crippen LogP contribution in [0.15, 0.2) is 88.8 Å². The van der Waals surface area contributed by atoms with E-state index in [0.29, 0.717) is 24.6 Å². The van der Waals surface area contributed by atoms with E-state index in [-0.39, 0.29) is 11.7 Å². The van der Waals surface area contributed by atoms with E-state index < -0.39 is 11.7 Å². The Hall–Kier alpha value is -3.81. The van der Waals surface area contributed by atoms with Crippen molar-refractivity contribution in [1.82, 2.24) is 10.2 Å². The minimum absolute atomic E-state index is 0.0996. The molecule has 3 aliphatic heterocycles. The SMILES string of the molecule is O=C1C=CC2=CN=C(c3cccc(Oc4cccc(C(F)(F)F)c4)c3)N3CCC(=C23)N1. The van der Waals surface area contributed by atoms with Crippen LogP contribution in [0.1, 0.15) is 17.5 Å². The molecule has 2 aromatic carbocycles. The number of halogens is 3. The van der Waals surface area contributed by atoms with E-state index in [0.717, 1.165) is 34.7 Å². The van der Waals surface area contributed by atoms with Crippen molar-refractivity contribution in [2.45, 2.75) is 12.6 Å². The van der Waals surface area contributed by atoms with Gasteiger partial charge in [0.15, 0.2) is 0 Å². The summed E-state index contributed by atoms with van der Waals surface area (Å²) in [7, 11) is 0. The number of nitrogens with one attached hydrogen (secondary N) is 1. The van der Waals surface area contributed by atoms with Crippen molar-refractivity contribution in [3.63, 3.8) is 0 Å². The fourth-order valence-electron chi connectivity index (χ4n) is 3.82. The number of nitrogens with zero attached hydrogens (tertiary/aromatic N) is 2. The van der Waals surface area contributed by atoms with Gasteiger partial charge >= 0.3 is 6.18 Å². The molecule has 0 saturated heterocycles. The molecule has 0 spiro atoms. The van der Waals surface area contributed by atoms with E-state index in [9.17, 15) is 18.0 Å². The number of benzene rings is 2. The third-order valence-corrected chi connectivity index (χ3v) is 5.17. The molecule has 0 aromatic heterocycles. The molecule has 1 amide bonds. The number of alkyl halides is 3. The fraction of sp³-hybridized carbons (Fsp3) is 0.130. The molecule has 5 rings (SSSR count). The van der Waals surface area contributed by atoms with Crippen LogP contribution in [0.5, 0.6) is 11.5 Å². The van der Waals surface area contributed by atoms with Gasteiger partial charge in [0.05, 0.1) is 11.3 Å². The van der Waals surface area contributed by atoms with Gasteiger partial charge in [-0.25, -0.2) is 4.99 Å². The number of ether oxygens (including phenoxy) is 1. The summed E-state index contributed by atoms with van der Waals surface area (Å²) in [6, 6.07) is 11.8. The number of hydrogen-bond donors (Lipinski definition) is 1. The van der Waals surface area contributed by atoms with Crippen LogP contribution in [0, 0.1) is 0 Å². The van der Waals surface area contributed by atoms with Crippen molar-refractivity contribution in [2.75, 3.05) is 6.54 Å². The number of carbonyl (C=O) groups excluding carboxylic acids is 1. The van der Waals surface area contributed by atoms with E-state index in [1.165, 1.54) is 18.2 Å². The molecule has 3 heterocycles. The number of aliphatic imine (C=N–C) groups is 1. The first-order valence-corrected chi connectivity index (χ1v) is 9.62. The van der Waals surface area contributed by atoms with Crippen molar-refractivity contribution in [3.05, 3.63) is 95.0 Å². The summed E-state index contributed by atoms with van der Waals surface area (Å²) in [5.41, 5.74) is 2.61. The number of rotatable bonds is 3. The molecule has 8 heteroatoms. The number of amidine groups is 1. The molecule has 0 radical (unpaired) electrons. The lowest BCUT2D eigenvalue weighted by Gasteiger charge is -2.27. The van der Waals surface area contributed by atoms with Gasteiger partial charge in [0.2, 0.25) is 5.91 Å². The maximum Gasteiger partial charge on any atom is 0.416 e. The molecule has 0 bridgehead atoms. The molecule has 0 atom stereocenters. The highest BCUT2D eigenvalue weighted by atomic mass is 19.4. The van der Waals surface area contributed by atoms with Gasteiger partial charge in [0, 0.05) is 42.1 Å². The van der Waals surface area contributed by atoms with E-state index in [2.05, 4.69) is 10.3 Å². The first-order chi connectivity index (χ1) is 14.9. The van der Waals surface area contributed by atoms with Gasteiger partial charge in [-0.3, -0.25) is 4.79 Å². The van der Waals surface area contributed by atoms with Crippen LogP contribution in [0.4, 0.5) is 13.2 Å². The highest BCUT2D eigenvalue weighted by Gasteiger charge is 2.33. The van der Waals surface area contributed by atoms with E-state index in [4.69, 9.17) is 4.74 Å². The van der Waals surface area contributed by atoms with E-state index in [1.54, 1.807) is 30.5 Å². The summed E-state index contributed by atoms with van der Waals surface area (Å²) >= 11 is 0. The molecular weight excluding hydrogens is 407 g/mol. The zero-order valence-corrected chi connectivity index (χ0v) is 16.1. The van der Waals surface area contributed by atoms with Crippen molar-refractivity contribution < 1.29 is 22.7 Å². The molecule has 1 N–H and O–H groups in total. The Bertz CT molecular complexity index is 1210. The summed E-state index contributed by atoms with van der Waals surface area (Å²) in [6.07, 6.45) is 1.17. The quantitative estimate of drug-likeness (QED) is 0.776. The first-order valence-electron chi connectivity index (χ1n) is 9.62. The topological polar surface area (TPSA) is 53.9 Å². The lowest BCUT2D eigenvalue weighted by Crippen LogP contribution is -2.31. The van der Waals surface area contributed by atoms with Gasteiger partial charge in [0.1, 0.15) is 17.3 Å². The van der Waals surface area contributed by atoms with Crippen molar-refractivity contribution >= 4 is 11.7 Å². The maximum atomic E-state index is 13.0. The van der Waals surface area contributed by atoms with Crippen LogP contribution in [-0.2, 0) is 11.0 Å². The largest absolute Gasteiger partial charge is 0.457 e. The first kappa shape index (κ1) is 19.2. The number of amides is 1. The molecule has 2 aromatic rings. The van der Waals surface area contributed by atoms with Crippen LogP contribution < -0.4 is 10.1 Å². The molecular formula is C23H16F3N3O2. The standard InChI is InChI=1S/C23H16F3N3O2/c24-23(25,26)16-4-2-6-18(12-16)31-17-5-1-3-14(11-17)22-27-13-15-7-8-20(30)28-19-9-10-29(22)21(15)19/h1-8,11-13H,9-10H2,(H,28,30). The summed E-state index contributed by atoms with van der Waals surface area (Å²) in [5.74, 6) is 1.02. The highest BCUT2D eigenvalue weighted by molar-refractivity contribution is 6.03. The molecule has 0 aliphatic carbocycles. The third-order valence-electron chi connectivity index (χ3n) is 5.17. The Labute approximate surface area is 175 Å². The predicted octanol–water partition coefficient (Wildman–Crippen LogP) is 4.75. The number of carbonyl (C=O) groups is 1. The number of allylic oxidation sites excluding steroid dienone is 1. The van der Waals surface area contributed by atoms with Gasteiger partial charge < -0.3 is 15.0 Å². The normalized spacial score (nSPS) is 17.6. The molecule has 156 valence electrons. The van der Waals surface area contributed by atoms with Crippen LogP contribution >= 0.6 is 0 Å². The summed E-state index contributed by atoms with van der Waals surface area (Å²) < 4.78 is 44.6. The van der Waals surface area contributed by atoms with Crippen LogP contribution in [0.25, 0.3) is 0 Å². The summed E-state index contributed by atoms with van der Waals surface area (Å²) in [4.78, 5) is 18.5. The second kappa shape index (κ2) is 7.16. The Morgan fingerprint density at radius 3 is 2.61 bits per heavy atom. The van der Waals surface area contributed by atoms with Gasteiger partial charge in [-0.15, -0.1) is 0 Å². The average Bonchev–Trinajstić information content (AvgIpc) is 3.08. The second-order valence-corrected chi connectivity index (χ2v) is 7.24. The number of hydrogen-bond acceptors (Lipinski definition) is 4. The smallest absolute Gasteiger partial charge is 0.416 e. The van der Waals surface area contributed by atoms with Crippen LogP contribution in [-0.4, -0.2) is 23.2 Å². The Kier molecular flexibility index (Phi) is 4.43. The highest BCUT2D eigenvalue weighted by Crippen LogP contribution is 2.36. The molecule has 0 unspecified atom stereocenters. The Morgan fingerprint density at radius 1 is 1.03 bits per heavy atom. The van der Waals surface area contributed by atoms with Crippen LogP contribution in [0.3, 0.4) is 0 Å². The van der Waals surface area contributed by atoms with Crippen molar-refractivity contribution in [1.29, 1.82) is 0 Å². The van der Waals surface area contributed by atoms with Crippen molar-refractivity contribution in [3.8, 4) is 11.5 Å². The molecule has 0 saturated carbocycles. The zero-order chi connectivity index (χ0) is 21.6. The lowest BCUT2D eigenvalue weighted by molar-refractivity contribution is -0.137. The third kappa shape index (κ3) is 3.61.